The summed E-state index contributed by atoms with van der Waals surface area (Å²) in [7, 11) is -3.76. The molecule has 0 atom stereocenters. The Bertz CT molecular complexity index is 755. The number of rotatable bonds is 4. The van der Waals surface area contributed by atoms with Crippen molar-refractivity contribution in [2.24, 2.45) is 0 Å². The lowest BCUT2D eigenvalue weighted by Gasteiger charge is -2.17. The zero-order valence-electron chi connectivity index (χ0n) is 12.3. The molecule has 0 fully saturated rings. The highest BCUT2D eigenvalue weighted by molar-refractivity contribution is 7.92. The number of anilines is 2. The maximum atomic E-state index is 12.5. The van der Waals surface area contributed by atoms with Gasteiger partial charge in [-0.25, -0.2) is 13.4 Å². The largest absolute Gasteiger partial charge is 0.383 e. The van der Waals surface area contributed by atoms with E-state index in [4.69, 9.17) is 5.73 Å². The molecule has 0 unspecified atom stereocenters. The second-order valence-electron chi connectivity index (χ2n) is 5.19. The minimum absolute atomic E-state index is 0.00955. The number of pyridine rings is 1. The van der Waals surface area contributed by atoms with Crippen LogP contribution >= 0.6 is 0 Å². The van der Waals surface area contributed by atoms with Crippen LogP contribution in [0.1, 0.15) is 30.9 Å². The van der Waals surface area contributed by atoms with Crippen molar-refractivity contribution in [2.45, 2.75) is 31.6 Å². The van der Waals surface area contributed by atoms with Gasteiger partial charge in [-0.3, -0.25) is 4.72 Å². The fourth-order valence-electron chi connectivity index (χ4n) is 2.13. The molecule has 112 valence electrons. The zero-order chi connectivity index (χ0) is 15.6. The predicted molar refractivity (Wildman–Crippen MR) is 84.7 cm³/mol. The smallest absolute Gasteiger partial charge is 0.265 e. The Morgan fingerprint density at radius 3 is 2.52 bits per heavy atom. The van der Waals surface area contributed by atoms with E-state index in [9.17, 15) is 8.42 Å². The van der Waals surface area contributed by atoms with Crippen molar-refractivity contribution >= 4 is 21.5 Å². The van der Waals surface area contributed by atoms with E-state index in [1.54, 1.807) is 6.07 Å². The standard InChI is InChI=1S/C15H19N3O2S/c1-10(2)12-7-4-6-11(3)14(12)18-21(19,20)13-8-5-9-17-15(13)16/h4-10,18H,1-3H3,(H2,16,17). The van der Waals surface area contributed by atoms with E-state index in [0.717, 1.165) is 11.1 Å². The average molecular weight is 305 g/mol. The number of para-hydroxylation sites is 1. The van der Waals surface area contributed by atoms with Crippen LogP contribution < -0.4 is 10.5 Å². The number of aryl methyl sites for hydroxylation is 1. The first kappa shape index (κ1) is 15.3. The molecule has 0 bridgehead atoms. The Morgan fingerprint density at radius 2 is 1.90 bits per heavy atom. The molecule has 0 aliphatic carbocycles. The molecule has 0 spiro atoms. The monoisotopic (exact) mass is 305 g/mol. The number of benzene rings is 1. The minimum Gasteiger partial charge on any atom is -0.383 e. The van der Waals surface area contributed by atoms with Crippen molar-refractivity contribution < 1.29 is 8.42 Å². The lowest BCUT2D eigenvalue weighted by molar-refractivity contribution is 0.601. The third-order valence-corrected chi connectivity index (χ3v) is 4.65. The normalized spacial score (nSPS) is 11.6. The predicted octanol–water partition coefficient (Wildman–Crippen LogP) is 2.90. The summed E-state index contributed by atoms with van der Waals surface area (Å²) in [6.45, 7) is 5.91. The second-order valence-corrected chi connectivity index (χ2v) is 6.84. The Balaban J connectivity index is 2.50. The van der Waals surface area contributed by atoms with Crippen molar-refractivity contribution in [1.29, 1.82) is 0 Å². The highest BCUT2D eigenvalue weighted by Crippen LogP contribution is 2.30. The number of nitrogens with one attached hydrogen (secondary N) is 1. The van der Waals surface area contributed by atoms with Gasteiger partial charge < -0.3 is 5.73 Å². The number of nitrogens with zero attached hydrogens (tertiary/aromatic N) is 1. The Morgan fingerprint density at radius 1 is 1.19 bits per heavy atom. The average Bonchev–Trinajstić information content (AvgIpc) is 2.41. The first-order chi connectivity index (χ1) is 9.83. The Kier molecular flexibility index (Phi) is 4.18. The number of aromatic nitrogens is 1. The first-order valence-electron chi connectivity index (χ1n) is 6.65. The second kappa shape index (κ2) is 5.73. The van der Waals surface area contributed by atoms with Crippen molar-refractivity contribution in [3.63, 3.8) is 0 Å². The van der Waals surface area contributed by atoms with Crippen LogP contribution in [0.25, 0.3) is 0 Å². The number of nitrogens with two attached hydrogens (primary N) is 1. The van der Waals surface area contributed by atoms with Crippen LogP contribution in [0.4, 0.5) is 11.5 Å². The van der Waals surface area contributed by atoms with Gasteiger partial charge in [-0.2, -0.15) is 0 Å². The molecule has 21 heavy (non-hydrogen) atoms. The molecule has 0 aliphatic rings. The Hall–Kier alpha value is -2.08. The molecule has 0 saturated carbocycles. The molecule has 2 aromatic rings. The summed E-state index contributed by atoms with van der Waals surface area (Å²) < 4.78 is 27.7. The summed E-state index contributed by atoms with van der Waals surface area (Å²) in [5, 5.41) is 0. The number of hydrogen-bond donors (Lipinski definition) is 2. The molecule has 0 saturated heterocycles. The highest BCUT2D eigenvalue weighted by atomic mass is 32.2. The molecule has 1 heterocycles. The molecule has 0 aliphatic heterocycles. The molecule has 0 radical (unpaired) electrons. The molecule has 1 aromatic heterocycles. The third-order valence-electron chi connectivity index (χ3n) is 3.25. The molecule has 6 heteroatoms. The van der Waals surface area contributed by atoms with E-state index >= 15 is 0 Å². The van der Waals surface area contributed by atoms with Crippen LogP contribution in [0.3, 0.4) is 0 Å². The van der Waals surface area contributed by atoms with Gasteiger partial charge in [0, 0.05) is 6.20 Å². The van der Waals surface area contributed by atoms with Crippen molar-refractivity contribution in [1.82, 2.24) is 4.98 Å². The van der Waals surface area contributed by atoms with E-state index in [-0.39, 0.29) is 16.6 Å². The van der Waals surface area contributed by atoms with Crippen molar-refractivity contribution in [3.05, 3.63) is 47.7 Å². The van der Waals surface area contributed by atoms with Gasteiger partial charge in [0.25, 0.3) is 10.0 Å². The Labute approximate surface area is 125 Å². The summed E-state index contributed by atoms with van der Waals surface area (Å²) in [5.41, 5.74) is 8.09. The molecule has 3 N–H and O–H groups in total. The molecule has 2 rings (SSSR count). The van der Waals surface area contributed by atoms with Gasteiger partial charge in [-0.15, -0.1) is 0 Å². The van der Waals surface area contributed by atoms with Gasteiger partial charge in [-0.05, 0) is 36.1 Å². The van der Waals surface area contributed by atoms with Crippen LogP contribution in [0.15, 0.2) is 41.4 Å². The van der Waals surface area contributed by atoms with Gasteiger partial charge in [0.05, 0.1) is 5.69 Å². The molecule has 5 nitrogen and oxygen atoms in total. The summed E-state index contributed by atoms with van der Waals surface area (Å²) in [5.74, 6) is 0.193. The van der Waals surface area contributed by atoms with Crippen LogP contribution in [0.2, 0.25) is 0 Å². The quantitative estimate of drug-likeness (QED) is 0.909. The van der Waals surface area contributed by atoms with Crippen LogP contribution in [-0.2, 0) is 10.0 Å². The molecule has 1 aromatic carbocycles. The number of sulfonamides is 1. The topological polar surface area (TPSA) is 85.1 Å². The van der Waals surface area contributed by atoms with Gasteiger partial charge >= 0.3 is 0 Å². The van der Waals surface area contributed by atoms with Gasteiger partial charge in [-0.1, -0.05) is 32.0 Å². The summed E-state index contributed by atoms with van der Waals surface area (Å²) in [6, 6.07) is 8.70. The molecule has 0 amide bonds. The van der Waals surface area contributed by atoms with E-state index in [1.807, 2.05) is 39.0 Å². The zero-order valence-corrected chi connectivity index (χ0v) is 13.1. The van der Waals surface area contributed by atoms with E-state index in [1.165, 1.54) is 12.3 Å². The van der Waals surface area contributed by atoms with Gasteiger partial charge in [0.15, 0.2) is 0 Å². The summed E-state index contributed by atoms with van der Waals surface area (Å²) in [6.07, 6.45) is 1.46. The van der Waals surface area contributed by atoms with Crippen LogP contribution in [-0.4, -0.2) is 13.4 Å². The molecular weight excluding hydrogens is 286 g/mol. The lowest BCUT2D eigenvalue weighted by Crippen LogP contribution is -2.17. The van der Waals surface area contributed by atoms with Crippen LogP contribution in [0.5, 0.6) is 0 Å². The van der Waals surface area contributed by atoms with Crippen molar-refractivity contribution in [2.75, 3.05) is 10.5 Å². The summed E-state index contributed by atoms with van der Waals surface area (Å²) in [4.78, 5) is 3.81. The third kappa shape index (κ3) is 3.16. The summed E-state index contributed by atoms with van der Waals surface area (Å²) >= 11 is 0. The first-order valence-corrected chi connectivity index (χ1v) is 8.14. The highest BCUT2D eigenvalue weighted by Gasteiger charge is 2.21. The minimum atomic E-state index is -3.76. The lowest BCUT2D eigenvalue weighted by atomic mass is 9.99. The van der Waals surface area contributed by atoms with E-state index < -0.39 is 10.0 Å². The fourth-order valence-corrected chi connectivity index (χ4v) is 3.37. The van der Waals surface area contributed by atoms with E-state index in [0.29, 0.717) is 5.69 Å². The number of hydrogen-bond acceptors (Lipinski definition) is 4. The van der Waals surface area contributed by atoms with Crippen molar-refractivity contribution in [3.8, 4) is 0 Å². The van der Waals surface area contributed by atoms with Gasteiger partial charge in [0.1, 0.15) is 10.7 Å². The number of nitrogen functional groups attached to an aromatic ring is 1. The SMILES string of the molecule is Cc1cccc(C(C)C)c1NS(=O)(=O)c1cccnc1N. The maximum absolute atomic E-state index is 12.5. The van der Waals surface area contributed by atoms with Crippen LogP contribution in [0, 0.1) is 6.92 Å². The molecular formula is C15H19N3O2S. The maximum Gasteiger partial charge on any atom is 0.265 e. The van der Waals surface area contributed by atoms with Gasteiger partial charge in [0.2, 0.25) is 0 Å². The fraction of sp³-hybridized carbons (Fsp3) is 0.267. The van der Waals surface area contributed by atoms with E-state index in [2.05, 4.69) is 9.71 Å².